The van der Waals surface area contributed by atoms with Crippen molar-refractivity contribution < 1.29 is 0 Å². The van der Waals surface area contributed by atoms with Gasteiger partial charge in [0.2, 0.25) is 0 Å². The van der Waals surface area contributed by atoms with E-state index in [1.54, 1.807) is 0 Å². The van der Waals surface area contributed by atoms with Crippen LogP contribution in [0.2, 0.25) is 0 Å². The zero-order valence-corrected chi connectivity index (χ0v) is 16.6. The van der Waals surface area contributed by atoms with Crippen molar-refractivity contribution in [1.82, 2.24) is 10.3 Å². The zero-order valence-electron chi connectivity index (χ0n) is 15.8. The Morgan fingerprint density at radius 1 is 0.929 bits per heavy atom. The molecule has 4 nitrogen and oxygen atoms in total. The molecule has 0 amide bonds. The summed E-state index contributed by atoms with van der Waals surface area (Å²) in [4.78, 5) is 6.90. The summed E-state index contributed by atoms with van der Waals surface area (Å²) in [5, 5.41) is 7.12. The van der Waals surface area contributed by atoms with Crippen molar-refractivity contribution in [3.8, 4) is 0 Å². The van der Waals surface area contributed by atoms with Crippen LogP contribution in [0, 0.1) is 0 Å². The maximum atomic E-state index is 5.39. The van der Waals surface area contributed by atoms with Crippen molar-refractivity contribution >= 4 is 28.8 Å². The second-order valence-corrected chi connectivity index (χ2v) is 7.41. The molecule has 142 valence electrons. The second-order valence-electron chi connectivity index (χ2n) is 7.00. The average Bonchev–Trinajstić information content (AvgIpc) is 3.17. The van der Waals surface area contributed by atoms with Crippen LogP contribution in [0.4, 0.5) is 11.5 Å². The number of aromatic nitrogens is 1. The van der Waals surface area contributed by atoms with Crippen molar-refractivity contribution in [2.45, 2.75) is 25.9 Å². The predicted molar refractivity (Wildman–Crippen MR) is 120 cm³/mol. The lowest BCUT2D eigenvalue weighted by Gasteiger charge is -2.17. The molecule has 1 aromatic heterocycles. The molecule has 0 atom stereocenters. The lowest BCUT2D eigenvalue weighted by atomic mass is 10.1. The van der Waals surface area contributed by atoms with E-state index in [4.69, 9.17) is 12.2 Å². The molecule has 4 rings (SSSR count). The first-order valence-electron chi connectivity index (χ1n) is 9.64. The number of benzene rings is 2. The summed E-state index contributed by atoms with van der Waals surface area (Å²) < 4.78 is 0. The van der Waals surface area contributed by atoms with E-state index >= 15 is 0 Å². The quantitative estimate of drug-likeness (QED) is 0.480. The lowest BCUT2D eigenvalue weighted by Crippen LogP contribution is -2.29. The maximum Gasteiger partial charge on any atom is 0.170 e. The van der Waals surface area contributed by atoms with E-state index in [1.807, 2.05) is 24.4 Å². The van der Waals surface area contributed by atoms with E-state index in [1.165, 1.54) is 16.7 Å². The highest BCUT2D eigenvalue weighted by Gasteiger charge is 2.19. The summed E-state index contributed by atoms with van der Waals surface area (Å²) in [6.45, 7) is 2.67. The first kappa shape index (κ1) is 18.4. The van der Waals surface area contributed by atoms with E-state index in [-0.39, 0.29) is 0 Å². The summed E-state index contributed by atoms with van der Waals surface area (Å²) in [5.41, 5.74) is 5.02. The van der Waals surface area contributed by atoms with E-state index in [9.17, 15) is 0 Å². The molecule has 0 aliphatic carbocycles. The second kappa shape index (κ2) is 8.85. The molecule has 5 heteroatoms. The monoisotopic (exact) mass is 388 g/mol. The Balaban J connectivity index is 1.23. The molecular weight excluding hydrogens is 364 g/mol. The van der Waals surface area contributed by atoms with Crippen LogP contribution in [0.5, 0.6) is 0 Å². The molecule has 0 saturated carbocycles. The van der Waals surface area contributed by atoms with Crippen LogP contribution in [-0.2, 0) is 19.5 Å². The van der Waals surface area contributed by atoms with Gasteiger partial charge in [0.05, 0.1) is 11.9 Å². The Morgan fingerprint density at radius 3 is 2.32 bits per heavy atom. The number of anilines is 2. The number of nitrogens with zero attached hydrogens (tertiary/aromatic N) is 2. The largest absolute Gasteiger partial charge is 0.362 e. The molecule has 2 N–H and O–H groups in total. The smallest absolute Gasteiger partial charge is 0.170 e. The SMILES string of the molecule is S=C(NCCCc1ccccc1)Nc1ccc(N2Cc3ccccc3C2)nc1. The van der Waals surface area contributed by atoms with Crippen molar-refractivity contribution in [2.24, 2.45) is 0 Å². The summed E-state index contributed by atoms with van der Waals surface area (Å²) in [6, 6.07) is 23.1. The van der Waals surface area contributed by atoms with E-state index in [2.05, 4.69) is 69.0 Å². The summed E-state index contributed by atoms with van der Waals surface area (Å²) >= 11 is 5.39. The third kappa shape index (κ3) is 4.67. The van der Waals surface area contributed by atoms with Gasteiger partial charge < -0.3 is 15.5 Å². The van der Waals surface area contributed by atoms with Crippen LogP contribution in [0.1, 0.15) is 23.1 Å². The Morgan fingerprint density at radius 2 is 1.64 bits per heavy atom. The van der Waals surface area contributed by atoms with Crippen molar-refractivity contribution in [1.29, 1.82) is 0 Å². The normalized spacial score (nSPS) is 12.5. The summed E-state index contributed by atoms with van der Waals surface area (Å²) in [6.07, 6.45) is 3.93. The van der Waals surface area contributed by atoms with Gasteiger partial charge in [-0.3, -0.25) is 0 Å². The molecule has 2 aromatic carbocycles. The predicted octanol–water partition coefficient (Wildman–Crippen LogP) is 4.52. The van der Waals surface area contributed by atoms with Gasteiger partial charge in [0.1, 0.15) is 5.82 Å². The van der Waals surface area contributed by atoms with Gasteiger partial charge >= 0.3 is 0 Å². The fourth-order valence-corrected chi connectivity index (χ4v) is 3.68. The lowest BCUT2D eigenvalue weighted by molar-refractivity contribution is 0.777. The van der Waals surface area contributed by atoms with Gasteiger partial charge in [0, 0.05) is 19.6 Å². The minimum Gasteiger partial charge on any atom is -0.362 e. The Labute approximate surface area is 171 Å². The van der Waals surface area contributed by atoms with Crippen LogP contribution < -0.4 is 15.5 Å². The first-order chi connectivity index (χ1) is 13.8. The molecule has 2 heterocycles. The van der Waals surface area contributed by atoms with Crippen molar-refractivity contribution in [2.75, 3.05) is 16.8 Å². The van der Waals surface area contributed by atoms with Crippen LogP contribution in [0.25, 0.3) is 0 Å². The molecule has 0 unspecified atom stereocenters. The molecule has 0 radical (unpaired) electrons. The van der Waals surface area contributed by atoms with Crippen LogP contribution in [0.3, 0.4) is 0 Å². The van der Waals surface area contributed by atoms with E-state index < -0.39 is 0 Å². The highest BCUT2D eigenvalue weighted by atomic mass is 32.1. The maximum absolute atomic E-state index is 5.39. The van der Waals surface area contributed by atoms with E-state index in [0.29, 0.717) is 5.11 Å². The van der Waals surface area contributed by atoms with Gasteiger partial charge in [-0.2, -0.15) is 0 Å². The number of fused-ring (bicyclic) bond motifs is 1. The Hall–Kier alpha value is -2.92. The average molecular weight is 389 g/mol. The molecule has 0 saturated heterocycles. The molecule has 28 heavy (non-hydrogen) atoms. The number of thiocarbonyl (C=S) groups is 1. The Bertz CT molecular complexity index is 900. The molecule has 1 aliphatic heterocycles. The number of pyridine rings is 1. The molecule has 0 fully saturated rings. The Kier molecular flexibility index (Phi) is 5.83. The van der Waals surface area contributed by atoms with Crippen molar-refractivity contribution in [3.05, 3.63) is 89.6 Å². The molecule has 1 aliphatic rings. The summed E-state index contributed by atoms with van der Waals surface area (Å²) in [5.74, 6) is 0.989. The van der Waals surface area contributed by atoms with Gasteiger partial charge in [-0.05, 0) is 53.9 Å². The molecular formula is C23H24N4S. The van der Waals surface area contributed by atoms with Crippen LogP contribution >= 0.6 is 12.2 Å². The summed E-state index contributed by atoms with van der Waals surface area (Å²) in [7, 11) is 0. The third-order valence-corrected chi connectivity index (χ3v) is 5.19. The molecule has 0 spiro atoms. The molecule has 0 bridgehead atoms. The van der Waals surface area contributed by atoms with Gasteiger partial charge in [-0.15, -0.1) is 0 Å². The minimum atomic E-state index is 0.635. The number of rotatable bonds is 6. The molecule has 3 aromatic rings. The fourth-order valence-electron chi connectivity index (χ4n) is 3.46. The van der Waals surface area contributed by atoms with E-state index in [0.717, 1.165) is 44.0 Å². The fraction of sp³-hybridized carbons (Fsp3) is 0.217. The number of aryl methyl sites for hydroxylation is 1. The number of nitrogens with one attached hydrogen (secondary N) is 2. The van der Waals surface area contributed by atoms with Crippen LogP contribution in [-0.4, -0.2) is 16.6 Å². The zero-order chi connectivity index (χ0) is 19.2. The van der Waals surface area contributed by atoms with Gasteiger partial charge in [0.25, 0.3) is 0 Å². The van der Waals surface area contributed by atoms with Gasteiger partial charge in [0.15, 0.2) is 5.11 Å². The van der Waals surface area contributed by atoms with Crippen LogP contribution in [0.15, 0.2) is 72.9 Å². The third-order valence-electron chi connectivity index (χ3n) is 4.94. The number of hydrogen-bond donors (Lipinski definition) is 2. The first-order valence-corrected chi connectivity index (χ1v) is 10.1. The highest BCUT2D eigenvalue weighted by molar-refractivity contribution is 7.80. The van der Waals surface area contributed by atoms with Gasteiger partial charge in [-0.25, -0.2) is 4.98 Å². The van der Waals surface area contributed by atoms with Gasteiger partial charge in [-0.1, -0.05) is 54.6 Å². The number of hydrogen-bond acceptors (Lipinski definition) is 3. The standard InChI is InChI=1S/C23H24N4S/c28-23(24-14-6-9-18-7-2-1-3-8-18)26-21-12-13-22(25-15-21)27-16-19-10-4-5-11-20(19)17-27/h1-5,7-8,10-13,15H,6,9,14,16-17H2,(H2,24,26,28). The van der Waals surface area contributed by atoms with Crippen molar-refractivity contribution in [3.63, 3.8) is 0 Å². The highest BCUT2D eigenvalue weighted by Crippen LogP contribution is 2.27. The minimum absolute atomic E-state index is 0.635. The topological polar surface area (TPSA) is 40.2 Å².